The van der Waals surface area contributed by atoms with Crippen molar-refractivity contribution in [1.82, 2.24) is 0 Å². The van der Waals surface area contributed by atoms with Crippen LogP contribution in [0.1, 0.15) is 45.6 Å². The first-order valence-electron chi connectivity index (χ1n) is 13.5. The topological polar surface area (TPSA) is 114 Å². The van der Waals surface area contributed by atoms with Gasteiger partial charge in [-0.1, -0.05) is 42.5 Å². The molecule has 210 valence electrons. The lowest BCUT2D eigenvalue weighted by atomic mass is 9.61. The summed E-state index contributed by atoms with van der Waals surface area (Å²) in [6.07, 6.45) is -0.466. The highest BCUT2D eigenvalue weighted by Gasteiger charge is 2.56. The number of Topliss-reactive ketones (excluding diaryl/α,β-unsaturated/α-hetero) is 1. The zero-order chi connectivity index (χ0) is 28.9. The van der Waals surface area contributed by atoms with Crippen LogP contribution in [0.25, 0.3) is 0 Å². The Kier molecular flexibility index (Phi) is 8.90. The lowest BCUT2D eigenvalue weighted by Gasteiger charge is -2.44. The monoisotopic (exact) mass is 544 g/mol. The van der Waals surface area contributed by atoms with Crippen LogP contribution in [0.4, 0.5) is 11.4 Å². The molecule has 1 aliphatic carbocycles. The third kappa shape index (κ3) is 6.51. The molecule has 8 heteroatoms. The van der Waals surface area contributed by atoms with Crippen molar-refractivity contribution < 1.29 is 29.0 Å². The molecule has 8 nitrogen and oxygen atoms in total. The number of rotatable bonds is 9. The summed E-state index contributed by atoms with van der Waals surface area (Å²) < 4.78 is 11.8. The number of amides is 2. The Morgan fingerprint density at radius 1 is 0.925 bits per heavy atom. The van der Waals surface area contributed by atoms with Gasteiger partial charge in [0, 0.05) is 23.7 Å². The number of benzene rings is 3. The van der Waals surface area contributed by atoms with E-state index in [4.69, 9.17) is 9.47 Å². The number of aliphatic hydroxyl groups is 1. The van der Waals surface area contributed by atoms with E-state index in [2.05, 4.69) is 10.6 Å². The smallest absolute Gasteiger partial charge is 0.235 e. The Balaban J connectivity index is 1.83. The van der Waals surface area contributed by atoms with E-state index in [9.17, 15) is 19.5 Å². The fraction of sp³-hybridized carbons (Fsp3) is 0.344. The van der Waals surface area contributed by atoms with Gasteiger partial charge in [-0.25, -0.2) is 0 Å². The number of nitrogens with one attached hydrogen (secondary N) is 2. The van der Waals surface area contributed by atoms with Crippen LogP contribution in [0.5, 0.6) is 11.5 Å². The summed E-state index contributed by atoms with van der Waals surface area (Å²) in [7, 11) is 0. The summed E-state index contributed by atoms with van der Waals surface area (Å²) in [4.78, 5) is 41.1. The van der Waals surface area contributed by atoms with Crippen LogP contribution in [-0.4, -0.2) is 41.0 Å². The summed E-state index contributed by atoms with van der Waals surface area (Å²) >= 11 is 0. The van der Waals surface area contributed by atoms with Gasteiger partial charge in [0.2, 0.25) is 11.8 Å². The number of ether oxygens (including phenoxy) is 2. The van der Waals surface area contributed by atoms with Crippen molar-refractivity contribution in [3.05, 3.63) is 84.4 Å². The number of para-hydroxylation sites is 2. The zero-order valence-electron chi connectivity index (χ0n) is 23.2. The average Bonchev–Trinajstić information content (AvgIpc) is 2.89. The fourth-order valence-corrected chi connectivity index (χ4v) is 5.33. The molecule has 0 aromatic heterocycles. The number of hydrogen-bond acceptors (Lipinski definition) is 6. The minimum Gasteiger partial charge on any atom is -0.490 e. The van der Waals surface area contributed by atoms with Gasteiger partial charge in [-0.2, -0.15) is 0 Å². The molecule has 3 aromatic carbocycles. The van der Waals surface area contributed by atoms with Crippen molar-refractivity contribution in [2.45, 2.75) is 51.7 Å². The van der Waals surface area contributed by atoms with Crippen molar-refractivity contribution in [1.29, 1.82) is 0 Å². The molecule has 2 amide bonds. The van der Waals surface area contributed by atoms with Gasteiger partial charge < -0.3 is 25.2 Å². The van der Waals surface area contributed by atoms with Crippen LogP contribution >= 0.6 is 0 Å². The molecule has 1 fully saturated rings. The first kappa shape index (κ1) is 28.8. The Bertz CT molecular complexity index is 1340. The van der Waals surface area contributed by atoms with E-state index in [-0.39, 0.29) is 12.5 Å². The van der Waals surface area contributed by atoms with Gasteiger partial charge in [-0.3, -0.25) is 14.4 Å². The van der Waals surface area contributed by atoms with Gasteiger partial charge in [0.05, 0.1) is 24.2 Å². The maximum absolute atomic E-state index is 13.9. The molecular weight excluding hydrogens is 508 g/mol. The van der Waals surface area contributed by atoms with Gasteiger partial charge in [0.1, 0.15) is 11.7 Å². The Labute approximate surface area is 234 Å². The molecule has 4 unspecified atom stereocenters. The van der Waals surface area contributed by atoms with Crippen LogP contribution in [0, 0.1) is 11.8 Å². The molecule has 1 saturated carbocycles. The van der Waals surface area contributed by atoms with Crippen LogP contribution in [0.3, 0.4) is 0 Å². The first-order valence-corrected chi connectivity index (χ1v) is 13.5. The number of ketones is 1. The van der Waals surface area contributed by atoms with Crippen molar-refractivity contribution in [2.75, 3.05) is 17.2 Å². The molecule has 3 aromatic rings. The van der Waals surface area contributed by atoms with E-state index >= 15 is 0 Å². The van der Waals surface area contributed by atoms with Crippen molar-refractivity contribution in [2.24, 2.45) is 11.8 Å². The zero-order valence-corrected chi connectivity index (χ0v) is 23.2. The first-order chi connectivity index (χ1) is 19.1. The predicted molar refractivity (Wildman–Crippen MR) is 153 cm³/mol. The molecule has 4 atom stereocenters. The van der Waals surface area contributed by atoms with E-state index < -0.39 is 41.0 Å². The van der Waals surface area contributed by atoms with E-state index in [1.165, 1.54) is 6.92 Å². The SMILES string of the molecule is CCOc1cc(C2C(C(=O)Nc3ccccc3)C(=O)CC(C)(O)C2C(=O)Nc2ccccc2)ccc1OC(C)C. The molecule has 0 bridgehead atoms. The molecule has 0 aliphatic heterocycles. The molecule has 0 radical (unpaired) electrons. The molecular formula is C32H36N2O6. The number of anilines is 2. The average molecular weight is 545 g/mol. The summed E-state index contributed by atoms with van der Waals surface area (Å²) in [5.41, 5.74) is -0.144. The number of carbonyl (C=O) groups excluding carboxylic acids is 3. The minimum atomic E-state index is -1.72. The highest BCUT2D eigenvalue weighted by molar-refractivity contribution is 6.10. The second kappa shape index (κ2) is 12.3. The standard InChI is InChI=1S/C32H36N2O6/c1-5-39-26-18-21(16-17-25(26)40-20(2)3)27-28(30(36)33-22-12-8-6-9-13-22)24(35)19-32(4,38)29(27)31(37)34-23-14-10-7-11-15-23/h6-18,20,27-29,38H,5,19H2,1-4H3,(H,33,36)(H,34,37). The van der Waals surface area contributed by atoms with Crippen LogP contribution < -0.4 is 20.1 Å². The normalized spacial score (nSPS) is 22.4. The van der Waals surface area contributed by atoms with Gasteiger partial charge in [0.25, 0.3) is 0 Å². The van der Waals surface area contributed by atoms with Gasteiger partial charge in [-0.05, 0) is 69.7 Å². The second-order valence-electron chi connectivity index (χ2n) is 10.5. The fourth-order valence-electron chi connectivity index (χ4n) is 5.33. The summed E-state index contributed by atoms with van der Waals surface area (Å²) in [5.74, 6) is -3.92. The van der Waals surface area contributed by atoms with E-state index in [1.54, 1.807) is 66.7 Å². The molecule has 0 saturated heterocycles. The van der Waals surface area contributed by atoms with E-state index in [0.717, 1.165) is 0 Å². The van der Waals surface area contributed by atoms with Crippen LogP contribution in [-0.2, 0) is 14.4 Å². The maximum atomic E-state index is 13.9. The van der Waals surface area contributed by atoms with E-state index in [1.807, 2.05) is 32.9 Å². The van der Waals surface area contributed by atoms with Crippen LogP contribution in [0.2, 0.25) is 0 Å². The third-order valence-electron chi connectivity index (χ3n) is 6.93. The summed E-state index contributed by atoms with van der Waals surface area (Å²) in [6.45, 7) is 7.46. The number of carbonyl (C=O) groups is 3. The molecule has 40 heavy (non-hydrogen) atoms. The highest BCUT2D eigenvalue weighted by Crippen LogP contribution is 2.48. The lowest BCUT2D eigenvalue weighted by molar-refractivity contribution is -0.150. The second-order valence-corrected chi connectivity index (χ2v) is 10.5. The Hall–Kier alpha value is -4.17. The summed E-state index contributed by atoms with van der Waals surface area (Å²) in [6, 6.07) is 22.8. The largest absolute Gasteiger partial charge is 0.490 e. The lowest BCUT2D eigenvalue weighted by Crippen LogP contribution is -2.56. The maximum Gasteiger partial charge on any atom is 0.235 e. The molecule has 0 heterocycles. The molecule has 3 N–H and O–H groups in total. The Morgan fingerprint density at radius 2 is 1.50 bits per heavy atom. The highest BCUT2D eigenvalue weighted by atomic mass is 16.5. The van der Waals surface area contributed by atoms with E-state index in [0.29, 0.717) is 35.0 Å². The van der Waals surface area contributed by atoms with Gasteiger partial charge in [0.15, 0.2) is 11.5 Å². The predicted octanol–water partition coefficient (Wildman–Crippen LogP) is 5.19. The number of hydrogen-bond donors (Lipinski definition) is 3. The third-order valence-corrected chi connectivity index (χ3v) is 6.93. The van der Waals surface area contributed by atoms with Crippen molar-refractivity contribution >= 4 is 29.0 Å². The van der Waals surface area contributed by atoms with Gasteiger partial charge >= 0.3 is 0 Å². The molecule has 4 rings (SSSR count). The van der Waals surface area contributed by atoms with Crippen molar-refractivity contribution in [3.63, 3.8) is 0 Å². The van der Waals surface area contributed by atoms with Crippen LogP contribution in [0.15, 0.2) is 78.9 Å². The van der Waals surface area contributed by atoms with Gasteiger partial charge in [-0.15, -0.1) is 0 Å². The Morgan fingerprint density at radius 3 is 2.05 bits per heavy atom. The molecule has 1 aliphatic rings. The minimum absolute atomic E-state index is 0.115. The molecule has 0 spiro atoms. The quantitative estimate of drug-likeness (QED) is 0.320. The van der Waals surface area contributed by atoms with Crippen molar-refractivity contribution in [3.8, 4) is 11.5 Å². The summed E-state index contributed by atoms with van der Waals surface area (Å²) in [5, 5.41) is 17.2.